The topological polar surface area (TPSA) is 47.6 Å². The molecule has 4 heterocycles. The van der Waals surface area contributed by atoms with E-state index in [1.54, 1.807) is 30.7 Å². The Hall–Kier alpha value is -4.00. The van der Waals surface area contributed by atoms with Crippen molar-refractivity contribution >= 4 is 175 Å². The molecule has 0 atom stereocenters. The SMILES string of the molecule is CC#N.CC#N.CC1=C(C)SC(=C2SC([PH+](c3ccccc3)c3ccccc3)=C([PH+](c3ccccc3)c3ccccc3)S2)S1.CC1=C(C)SC(=C2SC([PH+](c3ccccc3)c3ccccc3)=C([PH+](c3ccccc3)c3ccccc3)S2)S1.F[B-](F)(F)F.[Cu+]. The number of allylic oxidation sites excluding steroid dienone is 4. The van der Waals surface area contributed by atoms with Crippen LogP contribution in [0.1, 0.15) is 41.5 Å². The molecule has 12 rings (SSSR count). The number of rotatable bonds is 12. The van der Waals surface area contributed by atoms with Crippen LogP contribution < -0.4 is 42.4 Å². The largest absolute Gasteiger partial charge is 1.00 e. The van der Waals surface area contributed by atoms with E-state index < -0.39 is 38.9 Å². The van der Waals surface area contributed by atoms with Gasteiger partial charge in [0.15, 0.2) is 18.6 Å². The number of hydrogen-bond donors (Lipinski definition) is 0. The molecule has 0 fully saturated rings. The van der Waals surface area contributed by atoms with E-state index in [-0.39, 0.29) is 17.1 Å². The fourth-order valence-corrected chi connectivity index (χ4v) is 37.1. The first-order chi connectivity index (χ1) is 42.2. The first-order valence-corrected chi connectivity index (χ1v) is 39.9. The third kappa shape index (κ3) is 20.0. The maximum Gasteiger partial charge on any atom is 1.00 e. The van der Waals surface area contributed by atoms with Gasteiger partial charge in [-0.25, -0.2) is 0 Å². The summed E-state index contributed by atoms with van der Waals surface area (Å²) < 4.78 is 51.2. The van der Waals surface area contributed by atoms with E-state index in [9.17, 15) is 17.3 Å². The molecule has 0 spiro atoms. The molecule has 450 valence electrons. The summed E-state index contributed by atoms with van der Waals surface area (Å²) in [7, 11) is -10.8. The Morgan fingerprint density at radius 2 is 0.386 bits per heavy atom. The van der Waals surface area contributed by atoms with Crippen molar-refractivity contribution in [3.63, 3.8) is 0 Å². The third-order valence-electron chi connectivity index (χ3n) is 12.9. The minimum atomic E-state index is -6.00. The predicted octanol–water partition coefficient (Wildman–Crippen LogP) is 20.7. The quantitative estimate of drug-likeness (QED) is 0.0672. The van der Waals surface area contributed by atoms with Gasteiger partial charge in [-0.05, 0) is 191 Å². The van der Waals surface area contributed by atoms with Gasteiger partial charge in [0.05, 0.1) is 29.1 Å². The summed E-state index contributed by atoms with van der Waals surface area (Å²) in [4.78, 5) is 5.73. The van der Waals surface area contributed by atoms with Crippen LogP contribution in [0.5, 0.6) is 0 Å². The molecule has 20 heteroatoms. The van der Waals surface area contributed by atoms with E-state index in [1.165, 1.54) is 92.9 Å². The average Bonchev–Trinajstić information content (AvgIpc) is 1.94. The van der Waals surface area contributed by atoms with Crippen molar-refractivity contribution in [3.05, 3.63) is 298 Å². The van der Waals surface area contributed by atoms with Gasteiger partial charge in [-0.1, -0.05) is 193 Å². The van der Waals surface area contributed by atoms with Gasteiger partial charge in [0.2, 0.25) is 0 Å². The summed E-state index contributed by atoms with van der Waals surface area (Å²) in [6.07, 6.45) is 0. The smallest absolute Gasteiger partial charge is 0.418 e. The van der Waals surface area contributed by atoms with Gasteiger partial charge in [0, 0.05) is 13.8 Å². The second kappa shape index (κ2) is 36.3. The first-order valence-electron chi connectivity index (χ1n) is 27.4. The van der Waals surface area contributed by atoms with Crippen LogP contribution in [-0.2, 0) is 17.1 Å². The number of nitriles is 2. The molecule has 0 unspecified atom stereocenters. The van der Waals surface area contributed by atoms with Crippen molar-refractivity contribution in [2.24, 2.45) is 0 Å². The van der Waals surface area contributed by atoms with E-state index in [1.807, 2.05) is 47.0 Å². The Morgan fingerprint density at radius 1 is 0.273 bits per heavy atom. The Bertz CT molecular complexity index is 3230. The van der Waals surface area contributed by atoms with Crippen LogP contribution >= 0.6 is 126 Å². The number of hydrogen-bond acceptors (Lipinski definition) is 10. The third-order valence-corrected chi connectivity index (χ3v) is 38.7. The Labute approximate surface area is 566 Å². The van der Waals surface area contributed by atoms with E-state index >= 15 is 0 Å². The van der Waals surface area contributed by atoms with E-state index in [0.29, 0.717) is 0 Å². The minimum absolute atomic E-state index is 0. The fourth-order valence-electron chi connectivity index (χ4n) is 9.03. The predicted molar refractivity (Wildman–Crippen MR) is 400 cm³/mol. The number of halogens is 4. The first kappa shape index (κ1) is 71.4. The van der Waals surface area contributed by atoms with Crippen molar-refractivity contribution in [2.45, 2.75) is 41.5 Å². The molecule has 0 amide bonds. The number of benzene rings is 8. The van der Waals surface area contributed by atoms with Crippen molar-refractivity contribution in [1.29, 1.82) is 10.5 Å². The van der Waals surface area contributed by atoms with Gasteiger partial charge in [-0.2, -0.15) is 10.5 Å². The van der Waals surface area contributed by atoms with Crippen LogP contribution in [0, 0.1) is 22.7 Å². The minimum Gasteiger partial charge on any atom is -0.418 e. The van der Waals surface area contributed by atoms with E-state index in [4.69, 9.17) is 10.5 Å². The number of nitrogens with zero attached hydrogens (tertiary/aromatic N) is 2. The van der Waals surface area contributed by atoms with Crippen LogP contribution in [0.3, 0.4) is 0 Å². The van der Waals surface area contributed by atoms with Crippen LogP contribution in [0.25, 0.3) is 0 Å². The molecule has 0 saturated carbocycles. The van der Waals surface area contributed by atoms with E-state index in [0.717, 1.165) is 0 Å². The Kier molecular flexibility index (Phi) is 29.5. The van der Waals surface area contributed by atoms with Gasteiger partial charge >= 0.3 is 24.3 Å². The van der Waals surface area contributed by atoms with Crippen molar-refractivity contribution < 1.29 is 34.3 Å². The number of thioether (sulfide) groups is 8. The van der Waals surface area contributed by atoms with Gasteiger partial charge in [0.25, 0.3) is 0 Å². The summed E-state index contributed by atoms with van der Waals surface area (Å²) in [6, 6.07) is 93.3. The van der Waals surface area contributed by atoms with Crippen LogP contribution in [0.2, 0.25) is 0 Å². The van der Waals surface area contributed by atoms with Crippen molar-refractivity contribution in [3.8, 4) is 12.1 Å². The zero-order valence-electron chi connectivity index (χ0n) is 48.6. The van der Waals surface area contributed by atoms with Crippen LogP contribution in [-0.4, -0.2) is 7.25 Å². The molecule has 0 bridgehead atoms. The summed E-state index contributed by atoms with van der Waals surface area (Å²) in [5, 5.41) is 26.3. The Morgan fingerprint density at radius 3 is 0.511 bits per heavy atom. The molecule has 0 saturated heterocycles. The molecule has 0 aromatic heterocycles. The monoisotopic (exact) mass is 1440 g/mol. The second-order valence-electron chi connectivity index (χ2n) is 18.9. The normalized spacial score (nSPS) is 14.6. The van der Waals surface area contributed by atoms with Crippen LogP contribution in [0.15, 0.2) is 298 Å². The average molecular weight is 1440 g/mol. The molecule has 0 aliphatic carbocycles. The maximum absolute atomic E-state index is 9.75. The summed E-state index contributed by atoms with van der Waals surface area (Å²) >= 11 is 16.1. The molecule has 8 aromatic carbocycles. The van der Waals surface area contributed by atoms with Gasteiger partial charge in [-0.15, -0.1) is 0 Å². The van der Waals surface area contributed by atoms with Crippen molar-refractivity contribution in [2.75, 3.05) is 0 Å². The summed E-state index contributed by atoms with van der Waals surface area (Å²) in [5.41, 5.74) is 0. The Balaban J connectivity index is 0.000000213. The van der Waals surface area contributed by atoms with Gasteiger partial charge in [-0.3, -0.25) is 0 Å². The maximum atomic E-state index is 9.75. The standard InChI is InChI=1S/2C32H26P2S4.2C2H3N.BF4.Cu/c2*1-23-24(2)36-31(35-23)32-37-29(33(25-15-7-3-8-16-25)26-17-9-4-10-18-26)30(38-32)34(27-19-11-5-12-20-27)28-21-13-6-14-22-28;2*1-2-3;2-1(3,4)5;/h2*3-22H,1-2H3;2*1H3;;/q;;;;-1;+1/p+4. The molecule has 0 radical (unpaired) electrons. The van der Waals surface area contributed by atoms with Crippen LogP contribution in [0.4, 0.5) is 17.3 Å². The molecule has 4 aliphatic heterocycles. The molecular weight excluding hydrogens is 1380 g/mol. The summed E-state index contributed by atoms with van der Waals surface area (Å²) in [6.45, 7) is 11.9. The zero-order valence-corrected chi connectivity index (χ0v) is 60.1. The van der Waals surface area contributed by atoms with E-state index in [2.05, 4.69) is 317 Å². The van der Waals surface area contributed by atoms with Gasteiger partial charge in [0.1, 0.15) is 74.1 Å². The fraction of sp³-hybridized carbons (Fsp3) is 0.0882. The van der Waals surface area contributed by atoms with Crippen molar-refractivity contribution in [1.82, 2.24) is 0 Å². The molecule has 4 aliphatic rings. The molecular formula is C68H62BCuF4N2P4S8+4. The molecule has 2 nitrogen and oxygen atoms in total. The molecule has 8 aromatic rings. The molecule has 0 N–H and O–H groups in total. The second-order valence-corrected chi connectivity index (χ2v) is 40.0. The zero-order chi connectivity index (χ0) is 61.7. The van der Waals surface area contributed by atoms with Gasteiger partial charge < -0.3 is 17.3 Å². The summed E-state index contributed by atoms with van der Waals surface area (Å²) in [5.74, 6) is 0. The molecule has 88 heavy (non-hydrogen) atoms.